The van der Waals surface area contributed by atoms with Gasteiger partial charge in [0.05, 0.1) is 19.3 Å². The number of carbonyl (C=O) groups excluding carboxylic acids is 2. The molecule has 0 aliphatic heterocycles. The van der Waals surface area contributed by atoms with Crippen LogP contribution in [0.25, 0.3) is 0 Å². The maximum atomic E-state index is 11.7. The molecule has 0 bridgehead atoms. The second-order valence-corrected chi connectivity index (χ2v) is 9.10. The predicted octanol–water partition coefficient (Wildman–Crippen LogP) is 7.19. The summed E-state index contributed by atoms with van der Waals surface area (Å²) in [5.41, 5.74) is 1.58. The van der Waals surface area contributed by atoms with Crippen molar-refractivity contribution < 1.29 is 19.4 Å². The van der Waals surface area contributed by atoms with E-state index >= 15 is 0 Å². The highest BCUT2D eigenvalue weighted by Crippen LogP contribution is 2.23. The minimum atomic E-state index is -0.452. The summed E-state index contributed by atoms with van der Waals surface area (Å²) in [6.07, 6.45) is 21.9. The molecule has 0 aliphatic carbocycles. The Bertz CT molecular complexity index is 647. The Morgan fingerprint density at radius 1 is 0.848 bits per heavy atom. The number of anilines is 1. The van der Waals surface area contributed by atoms with E-state index in [1.54, 1.807) is 23.1 Å². The fourth-order valence-corrected chi connectivity index (χ4v) is 4.30. The fraction of sp³-hybridized carbons (Fsp3) is 0.714. The van der Waals surface area contributed by atoms with Gasteiger partial charge in [0.15, 0.2) is 0 Å². The average molecular weight is 462 g/mol. The zero-order valence-electron chi connectivity index (χ0n) is 21.2. The molecule has 1 rings (SSSR count). The maximum Gasteiger partial charge on any atom is 0.337 e. The summed E-state index contributed by atoms with van der Waals surface area (Å²) < 4.78 is 4.72. The Morgan fingerprint density at radius 2 is 1.33 bits per heavy atom. The zero-order chi connectivity index (χ0) is 24.2. The normalized spacial score (nSPS) is 10.9. The lowest BCUT2D eigenvalue weighted by Crippen LogP contribution is -2.24. The standard InChI is InChI=1S/C28H47NO4/c1-3-4-5-6-7-8-9-10-11-12-13-14-15-16-17-18-21-29(24-31)27-20-19-25(28(32)33-2)22-26(27)23-30/h19-20,22,24,30H,3-18,21,23H2,1-2H3. The van der Waals surface area contributed by atoms with Crippen LogP contribution in [0.3, 0.4) is 0 Å². The lowest BCUT2D eigenvalue weighted by atomic mass is 10.0. The molecule has 1 aromatic carbocycles. The molecule has 0 atom stereocenters. The van der Waals surface area contributed by atoms with Gasteiger partial charge in [-0.2, -0.15) is 0 Å². The van der Waals surface area contributed by atoms with Gasteiger partial charge in [0.1, 0.15) is 0 Å². The van der Waals surface area contributed by atoms with E-state index in [1.165, 1.54) is 97.0 Å². The summed E-state index contributed by atoms with van der Waals surface area (Å²) in [7, 11) is 1.32. The van der Waals surface area contributed by atoms with E-state index in [0.29, 0.717) is 23.4 Å². The van der Waals surface area contributed by atoms with Gasteiger partial charge in [-0.3, -0.25) is 4.79 Å². The molecule has 5 nitrogen and oxygen atoms in total. The molecule has 0 heterocycles. The quantitative estimate of drug-likeness (QED) is 0.119. The third kappa shape index (κ3) is 12.8. The van der Waals surface area contributed by atoms with Gasteiger partial charge in [-0.15, -0.1) is 0 Å². The average Bonchev–Trinajstić information content (AvgIpc) is 2.85. The monoisotopic (exact) mass is 461 g/mol. The first-order valence-electron chi connectivity index (χ1n) is 13.2. The van der Waals surface area contributed by atoms with Gasteiger partial charge in [-0.25, -0.2) is 4.79 Å². The van der Waals surface area contributed by atoms with Gasteiger partial charge in [0, 0.05) is 17.8 Å². The molecule has 0 radical (unpaired) electrons. The van der Waals surface area contributed by atoms with Crippen molar-refractivity contribution in [3.05, 3.63) is 29.3 Å². The van der Waals surface area contributed by atoms with Gasteiger partial charge < -0.3 is 14.7 Å². The molecule has 0 saturated heterocycles. The lowest BCUT2D eigenvalue weighted by Gasteiger charge is -2.20. The second-order valence-electron chi connectivity index (χ2n) is 9.10. The number of unbranched alkanes of at least 4 members (excludes halogenated alkanes) is 15. The van der Waals surface area contributed by atoms with Crippen LogP contribution in [-0.4, -0.2) is 31.1 Å². The molecular weight excluding hydrogens is 414 g/mol. The number of benzene rings is 1. The number of aliphatic hydroxyl groups is 1. The highest BCUT2D eigenvalue weighted by Gasteiger charge is 2.14. The fourth-order valence-electron chi connectivity index (χ4n) is 4.30. The molecule has 0 saturated carbocycles. The molecule has 5 heteroatoms. The summed E-state index contributed by atoms with van der Waals surface area (Å²) in [4.78, 5) is 24.9. The van der Waals surface area contributed by atoms with Crippen LogP contribution in [0.2, 0.25) is 0 Å². The van der Waals surface area contributed by atoms with Crippen LogP contribution in [0, 0.1) is 0 Å². The van der Waals surface area contributed by atoms with Crippen molar-refractivity contribution >= 4 is 18.1 Å². The van der Waals surface area contributed by atoms with Crippen LogP contribution in [-0.2, 0) is 16.1 Å². The number of hydrogen-bond acceptors (Lipinski definition) is 4. The van der Waals surface area contributed by atoms with E-state index in [-0.39, 0.29) is 6.61 Å². The maximum absolute atomic E-state index is 11.7. The first-order valence-corrected chi connectivity index (χ1v) is 13.2. The van der Waals surface area contributed by atoms with Crippen LogP contribution in [0.5, 0.6) is 0 Å². The first kappa shape index (κ1) is 29.2. The number of amides is 1. The molecule has 0 unspecified atom stereocenters. The van der Waals surface area contributed by atoms with Crippen molar-refractivity contribution in [2.24, 2.45) is 0 Å². The Morgan fingerprint density at radius 3 is 1.76 bits per heavy atom. The molecule has 188 valence electrons. The number of rotatable bonds is 21. The summed E-state index contributed by atoms with van der Waals surface area (Å²) >= 11 is 0. The molecule has 0 fully saturated rings. The molecule has 1 N–H and O–H groups in total. The molecule has 0 spiro atoms. The Labute approximate surface area is 201 Å². The predicted molar refractivity (Wildman–Crippen MR) is 137 cm³/mol. The molecule has 0 aromatic heterocycles. The number of hydrogen-bond donors (Lipinski definition) is 1. The minimum absolute atomic E-state index is 0.233. The van der Waals surface area contributed by atoms with Crippen molar-refractivity contribution in [3.8, 4) is 0 Å². The lowest BCUT2D eigenvalue weighted by molar-refractivity contribution is -0.107. The van der Waals surface area contributed by atoms with Gasteiger partial charge in [-0.05, 0) is 24.6 Å². The van der Waals surface area contributed by atoms with Crippen LogP contribution >= 0.6 is 0 Å². The topological polar surface area (TPSA) is 66.8 Å². The van der Waals surface area contributed by atoms with Crippen molar-refractivity contribution in [3.63, 3.8) is 0 Å². The molecule has 33 heavy (non-hydrogen) atoms. The third-order valence-corrected chi connectivity index (χ3v) is 6.36. The van der Waals surface area contributed by atoms with Gasteiger partial charge >= 0.3 is 5.97 Å². The van der Waals surface area contributed by atoms with E-state index in [2.05, 4.69) is 6.92 Å². The zero-order valence-corrected chi connectivity index (χ0v) is 21.2. The van der Waals surface area contributed by atoms with E-state index in [4.69, 9.17) is 4.74 Å². The second kappa shape index (κ2) is 19.6. The number of carbonyl (C=O) groups is 2. The molecule has 1 aromatic rings. The number of aliphatic hydroxyl groups excluding tert-OH is 1. The SMILES string of the molecule is CCCCCCCCCCCCCCCCCCN(C=O)c1ccc(C(=O)OC)cc1CO. The molecule has 0 aliphatic rings. The molecular formula is C28H47NO4. The highest BCUT2D eigenvalue weighted by atomic mass is 16.5. The van der Waals surface area contributed by atoms with Gasteiger partial charge in [0.25, 0.3) is 0 Å². The molecule has 1 amide bonds. The first-order chi connectivity index (χ1) is 16.2. The van der Waals surface area contributed by atoms with E-state index < -0.39 is 5.97 Å². The number of esters is 1. The summed E-state index contributed by atoms with van der Waals surface area (Å²) in [5, 5.41) is 9.66. The van der Waals surface area contributed by atoms with E-state index in [1.807, 2.05) is 0 Å². The van der Waals surface area contributed by atoms with Crippen LogP contribution in [0.1, 0.15) is 126 Å². The number of nitrogens with zero attached hydrogens (tertiary/aromatic N) is 1. The van der Waals surface area contributed by atoms with Crippen molar-refractivity contribution in [1.29, 1.82) is 0 Å². The largest absolute Gasteiger partial charge is 0.465 e. The van der Waals surface area contributed by atoms with Crippen LogP contribution in [0.4, 0.5) is 5.69 Å². The van der Waals surface area contributed by atoms with E-state index in [0.717, 1.165) is 19.3 Å². The summed E-state index contributed by atoms with van der Waals surface area (Å²) in [5.74, 6) is -0.452. The van der Waals surface area contributed by atoms with Crippen molar-refractivity contribution in [2.75, 3.05) is 18.6 Å². The smallest absolute Gasteiger partial charge is 0.337 e. The van der Waals surface area contributed by atoms with Crippen LogP contribution in [0.15, 0.2) is 18.2 Å². The van der Waals surface area contributed by atoms with E-state index in [9.17, 15) is 14.7 Å². The Balaban J connectivity index is 2.10. The minimum Gasteiger partial charge on any atom is -0.465 e. The Kier molecular flexibility index (Phi) is 17.3. The summed E-state index contributed by atoms with van der Waals surface area (Å²) in [6.45, 7) is 2.65. The Hall–Kier alpha value is -1.88. The van der Waals surface area contributed by atoms with Crippen LogP contribution < -0.4 is 4.90 Å². The number of ether oxygens (including phenoxy) is 1. The van der Waals surface area contributed by atoms with Gasteiger partial charge in [0.2, 0.25) is 6.41 Å². The summed E-state index contributed by atoms with van der Waals surface area (Å²) in [6, 6.07) is 4.92. The number of methoxy groups -OCH3 is 1. The third-order valence-electron chi connectivity index (χ3n) is 6.36. The highest BCUT2D eigenvalue weighted by molar-refractivity contribution is 5.91. The van der Waals surface area contributed by atoms with Gasteiger partial charge in [-0.1, -0.05) is 103 Å². The van der Waals surface area contributed by atoms with Crippen molar-refractivity contribution in [1.82, 2.24) is 0 Å². The van der Waals surface area contributed by atoms with Crippen molar-refractivity contribution in [2.45, 2.75) is 116 Å².